The monoisotopic (exact) mass is 336 g/mol. The van der Waals surface area contributed by atoms with Crippen LogP contribution in [0.25, 0.3) is 0 Å². The highest BCUT2D eigenvalue weighted by molar-refractivity contribution is 6.43. The van der Waals surface area contributed by atoms with Gasteiger partial charge in [0.1, 0.15) is 5.82 Å². The van der Waals surface area contributed by atoms with E-state index in [2.05, 4.69) is 20.6 Å². The van der Waals surface area contributed by atoms with Crippen LogP contribution >= 0.6 is 23.2 Å². The van der Waals surface area contributed by atoms with Crippen molar-refractivity contribution in [2.24, 2.45) is 0 Å². The van der Waals surface area contributed by atoms with Crippen LogP contribution in [0.3, 0.4) is 0 Å². The molecule has 0 radical (unpaired) electrons. The molecule has 2 N–H and O–H groups in total. The predicted molar refractivity (Wildman–Crippen MR) is 76.3 cm³/mol. The quantitative estimate of drug-likeness (QED) is 0.860. The van der Waals surface area contributed by atoms with Crippen LogP contribution in [-0.4, -0.2) is 17.0 Å². The van der Waals surface area contributed by atoms with Crippen molar-refractivity contribution < 1.29 is 13.2 Å². The summed E-state index contributed by atoms with van der Waals surface area (Å²) >= 11 is 11.8. The van der Waals surface area contributed by atoms with Crippen molar-refractivity contribution in [3.63, 3.8) is 0 Å². The van der Waals surface area contributed by atoms with Crippen LogP contribution in [0.4, 0.5) is 30.6 Å². The van der Waals surface area contributed by atoms with Gasteiger partial charge in [-0.3, -0.25) is 0 Å². The Kier molecular flexibility index (Phi) is 4.43. The summed E-state index contributed by atoms with van der Waals surface area (Å²) in [5.41, 5.74) is -0.722. The summed E-state index contributed by atoms with van der Waals surface area (Å²) in [6.07, 6.45) is -4.58. The van der Waals surface area contributed by atoms with E-state index in [9.17, 15) is 13.2 Å². The number of halogens is 5. The Morgan fingerprint density at radius 3 is 2.48 bits per heavy atom. The van der Waals surface area contributed by atoms with E-state index < -0.39 is 11.9 Å². The first-order valence-electron chi connectivity index (χ1n) is 5.66. The summed E-state index contributed by atoms with van der Waals surface area (Å²) < 4.78 is 38.3. The van der Waals surface area contributed by atoms with E-state index in [4.69, 9.17) is 23.2 Å². The fraction of sp³-hybridized carbons (Fsp3) is 0.167. The number of nitrogens with zero attached hydrogens (tertiary/aromatic N) is 2. The SMILES string of the molecule is CNc1nc(Nc2cccc(Cl)c2Cl)cc(C(F)(F)F)n1. The Bertz CT molecular complexity index is 661. The standard InChI is InChI=1S/C12H9Cl2F3N4/c1-18-11-20-8(12(15,16)17)5-9(21-11)19-7-4-2-3-6(13)10(7)14/h2-5H,1H3,(H2,18,19,20,21). The molecule has 0 fully saturated rings. The third-order valence-corrected chi connectivity index (χ3v) is 3.27. The molecule has 4 nitrogen and oxygen atoms in total. The van der Waals surface area contributed by atoms with Crippen molar-refractivity contribution in [3.8, 4) is 0 Å². The summed E-state index contributed by atoms with van der Waals surface area (Å²) in [7, 11) is 1.42. The number of anilines is 3. The molecule has 0 atom stereocenters. The molecule has 1 aromatic carbocycles. The third-order valence-electron chi connectivity index (χ3n) is 2.45. The van der Waals surface area contributed by atoms with Crippen LogP contribution < -0.4 is 10.6 Å². The van der Waals surface area contributed by atoms with Gasteiger partial charge in [-0.2, -0.15) is 18.2 Å². The average Bonchev–Trinajstić information content (AvgIpc) is 2.42. The first-order chi connectivity index (χ1) is 9.81. The van der Waals surface area contributed by atoms with E-state index in [1.807, 2.05) is 0 Å². The molecule has 2 rings (SSSR count). The van der Waals surface area contributed by atoms with E-state index >= 15 is 0 Å². The smallest absolute Gasteiger partial charge is 0.357 e. The third kappa shape index (κ3) is 3.68. The Morgan fingerprint density at radius 2 is 1.86 bits per heavy atom. The van der Waals surface area contributed by atoms with Crippen molar-refractivity contribution in [3.05, 3.63) is 40.0 Å². The second kappa shape index (κ2) is 5.95. The lowest BCUT2D eigenvalue weighted by Crippen LogP contribution is -2.12. The molecule has 0 unspecified atom stereocenters. The summed E-state index contributed by atoms with van der Waals surface area (Å²) in [4.78, 5) is 7.25. The molecule has 2 aromatic rings. The van der Waals surface area contributed by atoms with Crippen LogP contribution in [0.15, 0.2) is 24.3 Å². The maximum Gasteiger partial charge on any atom is 0.433 e. The highest BCUT2D eigenvalue weighted by atomic mass is 35.5. The second-order valence-electron chi connectivity index (χ2n) is 3.94. The predicted octanol–water partition coefficient (Wildman–Crippen LogP) is 4.59. The van der Waals surface area contributed by atoms with E-state index in [0.717, 1.165) is 6.07 Å². The van der Waals surface area contributed by atoms with E-state index in [1.54, 1.807) is 18.2 Å². The Labute approximate surface area is 128 Å². The number of aromatic nitrogens is 2. The molecule has 0 aliphatic heterocycles. The lowest BCUT2D eigenvalue weighted by Gasteiger charge is -2.12. The molecule has 0 saturated heterocycles. The van der Waals surface area contributed by atoms with Gasteiger partial charge in [0.15, 0.2) is 5.69 Å². The Morgan fingerprint density at radius 1 is 1.14 bits per heavy atom. The van der Waals surface area contributed by atoms with Crippen LogP contribution in [0.5, 0.6) is 0 Å². The zero-order chi connectivity index (χ0) is 15.6. The molecule has 1 aromatic heterocycles. The molecule has 0 aliphatic rings. The van der Waals surface area contributed by atoms with Gasteiger partial charge >= 0.3 is 6.18 Å². The van der Waals surface area contributed by atoms with E-state index in [-0.39, 0.29) is 21.8 Å². The molecule has 0 saturated carbocycles. The minimum absolute atomic E-state index is 0.0501. The van der Waals surface area contributed by atoms with Gasteiger partial charge in [-0.25, -0.2) is 4.98 Å². The highest BCUT2D eigenvalue weighted by Gasteiger charge is 2.33. The van der Waals surface area contributed by atoms with Gasteiger partial charge in [0.05, 0.1) is 15.7 Å². The topological polar surface area (TPSA) is 49.8 Å². The van der Waals surface area contributed by atoms with Gasteiger partial charge in [-0.05, 0) is 12.1 Å². The molecule has 0 aliphatic carbocycles. The van der Waals surface area contributed by atoms with Crippen LogP contribution in [0.2, 0.25) is 10.0 Å². The molecule has 0 amide bonds. The minimum Gasteiger partial charge on any atom is -0.357 e. The molecular formula is C12H9Cl2F3N4. The van der Waals surface area contributed by atoms with Gasteiger partial charge < -0.3 is 10.6 Å². The summed E-state index contributed by atoms with van der Waals surface area (Å²) in [6, 6.07) is 5.54. The van der Waals surface area contributed by atoms with Gasteiger partial charge in [-0.1, -0.05) is 29.3 Å². The number of alkyl halides is 3. The van der Waals surface area contributed by atoms with E-state index in [0.29, 0.717) is 5.69 Å². The van der Waals surface area contributed by atoms with E-state index in [1.165, 1.54) is 7.05 Å². The fourth-order valence-electron chi connectivity index (χ4n) is 1.51. The van der Waals surface area contributed by atoms with Crippen molar-refractivity contribution in [1.29, 1.82) is 0 Å². The number of benzene rings is 1. The Hall–Kier alpha value is -1.73. The molecule has 112 valence electrons. The van der Waals surface area contributed by atoms with Crippen LogP contribution in [0, 0.1) is 0 Å². The lowest BCUT2D eigenvalue weighted by atomic mass is 10.3. The normalized spacial score (nSPS) is 11.3. The molecule has 21 heavy (non-hydrogen) atoms. The summed E-state index contributed by atoms with van der Waals surface area (Å²) in [5, 5.41) is 5.63. The zero-order valence-corrected chi connectivity index (χ0v) is 12.1. The maximum absolute atomic E-state index is 12.8. The largest absolute Gasteiger partial charge is 0.433 e. The number of hydrogen-bond donors (Lipinski definition) is 2. The fourth-order valence-corrected chi connectivity index (χ4v) is 1.85. The maximum atomic E-state index is 12.8. The molecule has 1 heterocycles. The highest BCUT2D eigenvalue weighted by Crippen LogP contribution is 2.33. The summed E-state index contributed by atoms with van der Waals surface area (Å²) in [6.45, 7) is 0. The minimum atomic E-state index is -4.58. The van der Waals surface area contributed by atoms with Crippen molar-refractivity contribution in [2.75, 3.05) is 17.7 Å². The van der Waals surface area contributed by atoms with Gasteiger partial charge in [-0.15, -0.1) is 0 Å². The number of rotatable bonds is 3. The first kappa shape index (κ1) is 15.7. The molecule has 9 heteroatoms. The van der Waals surface area contributed by atoms with Crippen LogP contribution in [0.1, 0.15) is 5.69 Å². The molecule has 0 spiro atoms. The first-order valence-corrected chi connectivity index (χ1v) is 6.42. The van der Waals surface area contributed by atoms with Gasteiger partial charge in [0.25, 0.3) is 0 Å². The van der Waals surface area contributed by atoms with Gasteiger partial charge in [0, 0.05) is 13.1 Å². The lowest BCUT2D eigenvalue weighted by molar-refractivity contribution is -0.141. The van der Waals surface area contributed by atoms with Crippen molar-refractivity contribution in [1.82, 2.24) is 9.97 Å². The zero-order valence-electron chi connectivity index (χ0n) is 10.6. The van der Waals surface area contributed by atoms with Crippen LogP contribution in [-0.2, 0) is 6.18 Å². The van der Waals surface area contributed by atoms with Crippen molar-refractivity contribution in [2.45, 2.75) is 6.18 Å². The van der Waals surface area contributed by atoms with Crippen molar-refractivity contribution >= 4 is 40.7 Å². The number of nitrogens with one attached hydrogen (secondary N) is 2. The number of hydrogen-bond acceptors (Lipinski definition) is 4. The summed E-state index contributed by atoms with van der Waals surface area (Å²) in [5.74, 6) is -0.212. The average molecular weight is 337 g/mol. The molecule has 0 bridgehead atoms. The van der Waals surface area contributed by atoms with Gasteiger partial charge in [0.2, 0.25) is 5.95 Å². The Balaban J connectivity index is 2.42. The molecular weight excluding hydrogens is 328 g/mol. The second-order valence-corrected chi connectivity index (χ2v) is 4.72.